The van der Waals surface area contributed by atoms with Gasteiger partial charge in [-0.1, -0.05) is 29.9 Å². The van der Waals surface area contributed by atoms with E-state index in [9.17, 15) is 0 Å². The summed E-state index contributed by atoms with van der Waals surface area (Å²) in [5.74, 6) is 0. The zero-order valence-electron chi connectivity index (χ0n) is 6.09. The van der Waals surface area contributed by atoms with Crippen molar-refractivity contribution in [2.75, 3.05) is 0 Å². The van der Waals surface area contributed by atoms with Gasteiger partial charge in [0.15, 0.2) is 0 Å². The molecular weight excluding hydrogens is 122 g/mol. The second-order valence-corrected chi connectivity index (χ2v) is 2.41. The topological polar surface area (TPSA) is 23.9 Å². The van der Waals surface area contributed by atoms with E-state index in [1.54, 1.807) is 0 Å². The summed E-state index contributed by atoms with van der Waals surface area (Å²) in [4.78, 5) is 0. The Bertz CT molecular complexity index is 219. The van der Waals surface area contributed by atoms with Gasteiger partial charge in [0, 0.05) is 6.21 Å². The van der Waals surface area contributed by atoms with Crippen molar-refractivity contribution in [3.8, 4) is 0 Å². The van der Waals surface area contributed by atoms with E-state index in [4.69, 9.17) is 5.41 Å². The predicted octanol–water partition coefficient (Wildman–Crippen LogP) is 2.47. The zero-order valence-corrected chi connectivity index (χ0v) is 6.09. The molecule has 0 saturated heterocycles. The summed E-state index contributed by atoms with van der Waals surface area (Å²) in [7, 11) is 0. The fourth-order valence-electron chi connectivity index (χ4n) is 0.924. The number of nitrogens with one attached hydrogen (secondary N) is 1. The second-order valence-electron chi connectivity index (χ2n) is 2.41. The van der Waals surface area contributed by atoms with Crippen LogP contribution in [0, 0.1) is 5.41 Å². The molecule has 1 nitrogen and oxygen atoms in total. The van der Waals surface area contributed by atoms with Crippen molar-refractivity contribution in [3.05, 3.63) is 35.5 Å². The number of hydrogen-bond donors (Lipinski definition) is 1. The van der Waals surface area contributed by atoms with Crippen LogP contribution in [0.4, 0.5) is 0 Å². The minimum absolute atomic E-state index is 0.886. The molecule has 0 saturated carbocycles. The smallest absolute Gasteiger partial charge is 0.0213 e. The first-order valence-electron chi connectivity index (χ1n) is 3.37. The van der Waals surface area contributed by atoms with Crippen LogP contribution in [-0.2, 0) is 0 Å². The SMILES string of the molecule is CC1=CC=CCC(C=N)=C1. The predicted molar refractivity (Wildman–Crippen MR) is 44.4 cm³/mol. The van der Waals surface area contributed by atoms with Crippen molar-refractivity contribution < 1.29 is 0 Å². The Kier molecular flexibility index (Phi) is 2.21. The molecular formula is C9H11N. The minimum Gasteiger partial charge on any atom is -0.308 e. The quantitative estimate of drug-likeness (QED) is 0.531. The highest BCUT2D eigenvalue weighted by Gasteiger charge is 1.92. The van der Waals surface area contributed by atoms with Gasteiger partial charge in [0.05, 0.1) is 0 Å². The summed E-state index contributed by atoms with van der Waals surface area (Å²) in [6, 6.07) is 0. The molecule has 0 bridgehead atoms. The third-order valence-electron chi connectivity index (χ3n) is 1.45. The molecule has 1 rings (SSSR count). The lowest BCUT2D eigenvalue weighted by Gasteiger charge is -1.92. The summed E-state index contributed by atoms with van der Waals surface area (Å²) >= 11 is 0. The molecule has 0 amide bonds. The molecule has 0 radical (unpaired) electrons. The molecule has 1 aliphatic rings. The first-order valence-corrected chi connectivity index (χ1v) is 3.37. The first-order chi connectivity index (χ1) is 4.83. The first kappa shape index (κ1) is 7.00. The summed E-state index contributed by atoms with van der Waals surface area (Å²) in [5, 5.41) is 7.03. The van der Waals surface area contributed by atoms with Crippen LogP contribution in [0.25, 0.3) is 0 Å². The van der Waals surface area contributed by atoms with Gasteiger partial charge < -0.3 is 5.41 Å². The highest BCUT2D eigenvalue weighted by Crippen LogP contribution is 2.09. The van der Waals surface area contributed by atoms with Gasteiger partial charge in [-0.05, 0) is 18.9 Å². The summed E-state index contributed by atoms with van der Waals surface area (Å²) < 4.78 is 0. The van der Waals surface area contributed by atoms with Gasteiger partial charge >= 0.3 is 0 Å². The summed E-state index contributed by atoms with van der Waals surface area (Å²) in [5.41, 5.74) is 2.29. The van der Waals surface area contributed by atoms with Crippen molar-refractivity contribution in [1.82, 2.24) is 0 Å². The Morgan fingerprint density at radius 3 is 3.10 bits per heavy atom. The second kappa shape index (κ2) is 3.16. The van der Waals surface area contributed by atoms with Crippen molar-refractivity contribution in [2.24, 2.45) is 0 Å². The average molecular weight is 133 g/mol. The lowest BCUT2D eigenvalue weighted by atomic mass is 10.1. The monoisotopic (exact) mass is 133 g/mol. The maximum atomic E-state index is 7.03. The van der Waals surface area contributed by atoms with Crippen molar-refractivity contribution >= 4 is 6.21 Å². The molecule has 1 aliphatic carbocycles. The lowest BCUT2D eigenvalue weighted by Crippen LogP contribution is -1.80. The molecule has 0 aromatic heterocycles. The van der Waals surface area contributed by atoms with Gasteiger partial charge in [-0.25, -0.2) is 0 Å². The van der Waals surface area contributed by atoms with Crippen LogP contribution in [0.2, 0.25) is 0 Å². The molecule has 0 atom stereocenters. The Hall–Kier alpha value is -1.11. The maximum absolute atomic E-state index is 7.03. The summed E-state index contributed by atoms with van der Waals surface area (Å²) in [6.07, 6.45) is 10.5. The summed E-state index contributed by atoms with van der Waals surface area (Å²) in [6.45, 7) is 2.04. The van der Waals surface area contributed by atoms with E-state index in [1.807, 2.05) is 19.1 Å². The van der Waals surface area contributed by atoms with E-state index in [0.29, 0.717) is 0 Å². The zero-order chi connectivity index (χ0) is 7.40. The highest BCUT2D eigenvalue weighted by molar-refractivity contribution is 5.77. The van der Waals surface area contributed by atoms with E-state index >= 15 is 0 Å². The van der Waals surface area contributed by atoms with Crippen LogP contribution in [0.5, 0.6) is 0 Å². The molecule has 0 spiro atoms. The van der Waals surface area contributed by atoms with Crippen molar-refractivity contribution in [3.63, 3.8) is 0 Å². The Morgan fingerprint density at radius 2 is 2.40 bits per heavy atom. The Labute approximate surface area is 61.3 Å². The molecule has 0 aliphatic heterocycles. The number of allylic oxidation sites excluding steroid dienone is 6. The van der Waals surface area contributed by atoms with Gasteiger partial charge in [0.25, 0.3) is 0 Å². The van der Waals surface area contributed by atoms with Crippen molar-refractivity contribution in [2.45, 2.75) is 13.3 Å². The number of rotatable bonds is 1. The lowest BCUT2D eigenvalue weighted by molar-refractivity contribution is 1.31. The van der Waals surface area contributed by atoms with Crippen LogP contribution in [-0.4, -0.2) is 6.21 Å². The van der Waals surface area contributed by atoms with Gasteiger partial charge in [-0.3, -0.25) is 0 Å². The van der Waals surface area contributed by atoms with Crippen LogP contribution in [0.3, 0.4) is 0 Å². The van der Waals surface area contributed by atoms with Gasteiger partial charge in [0.2, 0.25) is 0 Å². The average Bonchev–Trinajstić information content (AvgIpc) is 2.13. The third kappa shape index (κ3) is 1.69. The van der Waals surface area contributed by atoms with Crippen LogP contribution in [0.1, 0.15) is 13.3 Å². The minimum atomic E-state index is 0.886. The molecule has 10 heavy (non-hydrogen) atoms. The van der Waals surface area contributed by atoms with Crippen molar-refractivity contribution in [1.29, 1.82) is 5.41 Å². The molecule has 1 N–H and O–H groups in total. The largest absolute Gasteiger partial charge is 0.308 e. The molecule has 0 fully saturated rings. The standard InChI is InChI=1S/C9H11N/c1-8-4-2-3-5-9(6-8)7-10/h2-4,6-7,10H,5H2,1H3. The van der Waals surface area contributed by atoms with Crippen LogP contribution >= 0.6 is 0 Å². The van der Waals surface area contributed by atoms with E-state index < -0.39 is 0 Å². The highest BCUT2D eigenvalue weighted by atomic mass is 14.3. The van der Waals surface area contributed by atoms with Gasteiger partial charge in [-0.2, -0.15) is 0 Å². The third-order valence-corrected chi connectivity index (χ3v) is 1.45. The van der Waals surface area contributed by atoms with E-state index in [-0.39, 0.29) is 0 Å². The molecule has 52 valence electrons. The van der Waals surface area contributed by atoms with Gasteiger partial charge in [-0.15, -0.1) is 0 Å². The fourth-order valence-corrected chi connectivity index (χ4v) is 0.924. The van der Waals surface area contributed by atoms with Crippen LogP contribution < -0.4 is 0 Å². The van der Waals surface area contributed by atoms with E-state index in [0.717, 1.165) is 12.0 Å². The van der Waals surface area contributed by atoms with Gasteiger partial charge in [0.1, 0.15) is 0 Å². The Morgan fingerprint density at radius 1 is 1.60 bits per heavy atom. The molecule has 0 aromatic carbocycles. The molecule has 0 aromatic rings. The maximum Gasteiger partial charge on any atom is 0.0213 e. The van der Waals surface area contributed by atoms with E-state index in [1.165, 1.54) is 11.8 Å². The number of hydrogen-bond acceptors (Lipinski definition) is 1. The molecule has 1 heteroatoms. The normalized spacial score (nSPS) is 17.3. The molecule has 0 unspecified atom stereocenters. The Balaban J connectivity index is 2.86. The fraction of sp³-hybridized carbons (Fsp3) is 0.222. The van der Waals surface area contributed by atoms with E-state index in [2.05, 4.69) is 12.2 Å². The molecule has 0 heterocycles. The van der Waals surface area contributed by atoms with Crippen LogP contribution in [0.15, 0.2) is 35.5 Å².